The van der Waals surface area contributed by atoms with Gasteiger partial charge in [-0.1, -0.05) is 41.9 Å². The number of nitrogens with zero attached hydrogens (tertiary/aromatic N) is 2. The molecule has 0 spiro atoms. The maximum absolute atomic E-state index is 5.95. The van der Waals surface area contributed by atoms with Gasteiger partial charge in [-0.2, -0.15) is 0 Å². The van der Waals surface area contributed by atoms with Crippen molar-refractivity contribution in [3.63, 3.8) is 0 Å². The molecule has 0 fully saturated rings. The Morgan fingerprint density at radius 2 is 2.05 bits per heavy atom. The monoisotopic (exact) mass is 289 g/mol. The zero-order valence-corrected chi connectivity index (χ0v) is 11.9. The molecular weight excluding hydrogens is 278 g/mol. The first-order valence-corrected chi connectivity index (χ1v) is 6.76. The Morgan fingerprint density at radius 3 is 2.79 bits per heavy atom. The number of H-pyrrole nitrogens is 1. The Balaban J connectivity index is 2.20. The average molecular weight is 290 g/mol. The maximum Gasteiger partial charge on any atom is 0.179 e. The van der Waals surface area contributed by atoms with E-state index in [-0.39, 0.29) is 6.04 Å². The number of benzene rings is 1. The first kappa shape index (κ1) is 12.4. The molecule has 0 bridgehead atoms. The molecule has 3 nitrogen and oxygen atoms in total. The number of fused-ring (bicyclic) bond motifs is 1. The number of halogens is 1. The van der Waals surface area contributed by atoms with E-state index >= 15 is 0 Å². The van der Waals surface area contributed by atoms with E-state index in [1.807, 2.05) is 28.8 Å². The highest BCUT2D eigenvalue weighted by atomic mass is 35.5. The molecule has 0 saturated carbocycles. The minimum atomic E-state index is 0.121. The van der Waals surface area contributed by atoms with Crippen LogP contribution in [0.15, 0.2) is 42.6 Å². The number of imidazole rings is 1. The largest absolute Gasteiger partial charge is 0.329 e. The summed E-state index contributed by atoms with van der Waals surface area (Å²) in [5.74, 6) is 0. The van der Waals surface area contributed by atoms with E-state index in [9.17, 15) is 0 Å². The number of aromatic nitrogens is 3. The summed E-state index contributed by atoms with van der Waals surface area (Å²) in [7, 11) is 0. The minimum Gasteiger partial charge on any atom is -0.329 e. The van der Waals surface area contributed by atoms with Crippen molar-refractivity contribution >= 4 is 35.0 Å². The van der Waals surface area contributed by atoms with Gasteiger partial charge in [0, 0.05) is 6.20 Å². The van der Waals surface area contributed by atoms with Crippen molar-refractivity contribution in [3.8, 4) is 0 Å². The van der Waals surface area contributed by atoms with Crippen molar-refractivity contribution in [2.45, 2.75) is 13.0 Å². The lowest BCUT2D eigenvalue weighted by Gasteiger charge is -2.14. The Hall–Kier alpha value is -1.65. The Kier molecular flexibility index (Phi) is 3.12. The molecule has 1 atom stereocenters. The van der Waals surface area contributed by atoms with Crippen molar-refractivity contribution in [2.24, 2.45) is 0 Å². The van der Waals surface area contributed by atoms with E-state index < -0.39 is 0 Å². The van der Waals surface area contributed by atoms with Crippen LogP contribution in [-0.4, -0.2) is 14.5 Å². The van der Waals surface area contributed by atoms with Crippen molar-refractivity contribution in [1.82, 2.24) is 14.5 Å². The zero-order valence-electron chi connectivity index (χ0n) is 10.3. The van der Waals surface area contributed by atoms with Gasteiger partial charge in [0.1, 0.15) is 0 Å². The van der Waals surface area contributed by atoms with Crippen molar-refractivity contribution in [1.29, 1.82) is 0 Å². The number of pyridine rings is 1. The summed E-state index contributed by atoms with van der Waals surface area (Å²) >= 11 is 11.3. The third kappa shape index (κ3) is 2.17. The summed E-state index contributed by atoms with van der Waals surface area (Å²) in [6.45, 7) is 2.11. The van der Waals surface area contributed by atoms with Gasteiger partial charge in [0.15, 0.2) is 10.4 Å². The van der Waals surface area contributed by atoms with Gasteiger partial charge in [-0.25, -0.2) is 4.98 Å². The summed E-state index contributed by atoms with van der Waals surface area (Å²) in [6.07, 6.45) is 1.64. The molecule has 3 rings (SSSR count). The van der Waals surface area contributed by atoms with Gasteiger partial charge in [-0.15, -0.1) is 0 Å². The lowest BCUT2D eigenvalue weighted by atomic mass is 10.1. The second-order valence-corrected chi connectivity index (χ2v) is 5.23. The fourth-order valence-corrected chi connectivity index (χ4v) is 2.74. The number of hydrogen-bond acceptors (Lipinski definition) is 2. The molecule has 0 saturated heterocycles. The molecule has 2 aromatic heterocycles. The molecule has 0 aliphatic rings. The normalized spacial score (nSPS) is 12.7. The average Bonchev–Trinajstić information content (AvgIpc) is 2.74. The van der Waals surface area contributed by atoms with Crippen molar-refractivity contribution in [3.05, 3.63) is 58.0 Å². The summed E-state index contributed by atoms with van der Waals surface area (Å²) in [5, 5.41) is 0.600. The van der Waals surface area contributed by atoms with Crippen LogP contribution in [0.4, 0.5) is 0 Å². The third-order valence-corrected chi connectivity index (χ3v) is 3.70. The molecule has 0 amide bonds. The number of aromatic amines is 1. The van der Waals surface area contributed by atoms with Crippen molar-refractivity contribution < 1.29 is 0 Å². The van der Waals surface area contributed by atoms with Crippen LogP contribution in [0.3, 0.4) is 0 Å². The molecule has 5 heteroatoms. The Morgan fingerprint density at radius 1 is 1.32 bits per heavy atom. The van der Waals surface area contributed by atoms with E-state index in [4.69, 9.17) is 23.8 Å². The molecule has 1 aromatic carbocycles. The maximum atomic E-state index is 5.95. The molecule has 1 N–H and O–H groups in total. The first-order valence-electron chi connectivity index (χ1n) is 5.97. The topological polar surface area (TPSA) is 33.6 Å². The highest BCUT2D eigenvalue weighted by Gasteiger charge is 2.13. The number of nitrogens with one attached hydrogen (secondary N) is 1. The van der Waals surface area contributed by atoms with E-state index in [1.54, 1.807) is 6.20 Å². The van der Waals surface area contributed by atoms with Crippen LogP contribution in [0.1, 0.15) is 18.5 Å². The minimum absolute atomic E-state index is 0.121. The quantitative estimate of drug-likeness (QED) is 0.711. The van der Waals surface area contributed by atoms with E-state index in [0.29, 0.717) is 9.79 Å². The molecule has 1 unspecified atom stereocenters. The van der Waals surface area contributed by atoms with Crippen LogP contribution in [0.2, 0.25) is 5.02 Å². The fraction of sp³-hybridized carbons (Fsp3) is 0.143. The second kappa shape index (κ2) is 4.79. The van der Waals surface area contributed by atoms with Gasteiger partial charge in [0.05, 0.1) is 16.6 Å². The SMILES string of the molecule is CC(c1ccccc1)n1c(=S)[nH]c2cc(Cl)cnc21. The Bertz CT molecular complexity index is 776. The van der Waals surface area contributed by atoms with Gasteiger partial charge in [0.25, 0.3) is 0 Å². The van der Waals surface area contributed by atoms with Crippen LogP contribution in [0, 0.1) is 4.77 Å². The second-order valence-electron chi connectivity index (χ2n) is 4.41. The highest BCUT2D eigenvalue weighted by Crippen LogP contribution is 2.24. The summed E-state index contributed by atoms with van der Waals surface area (Å²) < 4.78 is 2.66. The molecule has 3 aromatic rings. The summed E-state index contributed by atoms with van der Waals surface area (Å²) in [5.41, 5.74) is 2.88. The predicted molar refractivity (Wildman–Crippen MR) is 80.2 cm³/mol. The molecule has 19 heavy (non-hydrogen) atoms. The Labute approximate surface area is 120 Å². The predicted octanol–water partition coefficient (Wildman–Crippen LogP) is 4.36. The van der Waals surface area contributed by atoms with Crippen LogP contribution in [-0.2, 0) is 0 Å². The third-order valence-electron chi connectivity index (χ3n) is 3.19. The summed E-state index contributed by atoms with van der Waals surface area (Å²) in [6, 6.07) is 12.2. The summed E-state index contributed by atoms with van der Waals surface area (Å²) in [4.78, 5) is 7.53. The van der Waals surface area contributed by atoms with Gasteiger partial charge >= 0.3 is 0 Å². The van der Waals surface area contributed by atoms with Gasteiger partial charge in [-0.3, -0.25) is 4.57 Å². The number of hydrogen-bond donors (Lipinski definition) is 1. The van der Waals surface area contributed by atoms with E-state index in [1.165, 1.54) is 5.56 Å². The van der Waals surface area contributed by atoms with Crippen LogP contribution < -0.4 is 0 Å². The molecule has 0 aliphatic heterocycles. The smallest absolute Gasteiger partial charge is 0.179 e. The first-order chi connectivity index (χ1) is 9.16. The van der Waals surface area contributed by atoms with E-state index in [0.717, 1.165) is 11.2 Å². The van der Waals surface area contributed by atoms with Crippen molar-refractivity contribution in [2.75, 3.05) is 0 Å². The molecule has 2 heterocycles. The lowest BCUT2D eigenvalue weighted by Crippen LogP contribution is -2.07. The van der Waals surface area contributed by atoms with Gasteiger partial charge in [0.2, 0.25) is 0 Å². The zero-order chi connectivity index (χ0) is 13.4. The van der Waals surface area contributed by atoms with Crippen LogP contribution >= 0.6 is 23.8 Å². The fourth-order valence-electron chi connectivity index (χ4n) is 2.23. The number of rotatable bonds is 2. The molecular formula is C14H12ClN3S. The molecule has 0 radical (unpaired) electrons. The lowest BCUT2D eigenvalue weighted by molar-refractivity contribution is 0.644. The van der Waals surface area contributed by atoms with Gasteiger partial charge < -0.3 is 4.98 Å². The van der Waals surface area contributed by atoms with Crippen LogP contribution in [0.25, 0.3) is 11.2 Å². The van der Waals surface area contributed by atoms with Crippen LogP contribution in [0.5, 0.6) is 0 Å². The van der Waals surface area contributed by atoms with Gasteiger partial charge in [-0.05, 0) is 30.8 Å². The standard InChI is InChI=1S/C14H12ClN3S/c1-9(10-5-3-2-4-6-10)18-13-12(17-14(18)19)7-11(15)8-16-13/h2-9H,1H3,(H,17,19). The highest BCUT2D eigenvalue weighted by molar-refractivity contribution is 7.71. The molecule has 96 valence electrons. The van der Waals surface area contributed by atoms with E-state index in [2.05, 4.69) is 29.0 Å². The molecule has 0 aliphatic carbocycles.